The average Bonchev–Trinajstić information content (AvgIpc) is 2.80. The second-order valence-electron chi connectivity index (χ2n) is 5.47. The van der Waals surface area contributed by atoms with Crippen molar-refractivity contribution in [2.45, 2.75) is 45.6 Å². The zero-order valence-corrected chi connectivity index (χ0v) is 11.8. The summed E-state index contributed by atoms with van der Waals surface area (Å²) in [6.45, 7) is 5.85. The Morgan fingerprint density at radius 3 is 3.11 bits per heavy atom. The van der Waals surface area contributed by atoms with Crippen LogP contribution in [0.3, 0.4) is 0 Å². The molecule has 5 nitrogen and oxygen atoms in total. The normalized spacial score (nSPS) is 23.3. The third-order valence-corrected chi connectivity index (χ3v) is 3.91. The van der Waals surface area contributed by atoms with Crippen LogP contribution in [0, 0.1) is 12.8 Å². The molecule has 0 spiro atoms. The number of hydrogen-bond acceptors (Lipinski definition) is 3. The molecule has 2 atom stereocenters. The summed E-state index contributed by atoms with van der Waals surface area (Å²) in [6, 6.07) is -0.00980. The van der Waals surface area contributed by atoms with Gasteiger partial charge in [-0.2, -0.15) is 5.10 Å². The molecule has 0 aromatic carbocycles. The summed E-state index contributed by atoms with van der Waals surface area (Å²) < 4.78 is 0. The van der Waals surface area contributed by atoms with Crippen LogP contribution in [0.5, 0.6) is 0 Å². The Hall–Kier alpha value is -1.36. The van der Waals surface area contributed by atoms with Gasteiger partial charge in [-0.05, 0) is 50.6 Å². The molecule has 0 aliphatic carbocycles. The van der Waals surface area contributed by atoms with Gasteiger partial charge < -0.3 is 10.6 Å². The molecule has 1 aromatic rings. The van der Waals surface area contributed by atoms with Gasteiger partial charge in [0.05, 0.1) is 12.2 Å². The standard InChI is InChI=1S/C14H24N4O/c1-10-5-3-7-15-13(10)14(19)16-8-4-6-12-9-17-18-11(12)2/h9-10,13,15H,3-8H2,1-2H3,(H,16,19)(H,17,18). The van der Waals surface area contributed by atoms with Crippen molar-refractivity contribution < 1.29 is 4.79 Å². The first kappa shape index (κ1) is 14.1. The van der Waals surface area contributed by atoms with E-state index < -0.39 is 0 Å². The maximum atomic E-state index is 12.0. The fourth-order valence-electron chi connectivity index (χ4n) is 2.63. The van der Waals surface area contributed by atoms with Crippen molar-refractivity contribution in [2.24, 2.45) is 5.92 Å². The number of aromatic nitrogens is 2. The van der Waals surface area contributed by atoms with Crippen molar-refractivity contribution in [2.75, 3.05) is 13.1 Å². The summed E-state index contributed by atoms with van der Waals surface area (Å²) in [5.41, 5.74) is 2.35. The van der Waals surface area contributed by atoms with Crippen LogP contribution >= 0.6 is 0 Å². The van der Waals surface area contributed by atoms with E-state index in [2.05, 4.69) is 27.8 Å². The molecule has 2 rings (SSSR count). The predicted octanol–water partition coefficient (Wildman–Crippen LogP) is 1.16. The first-order chi connectivity index (χ1) is 9.18. The number of piperidine rings is 1. The molecule has 5 heteroatoms. The second-order valence-corrected chi connectivity index (χ2v) is 5.47. The molecule has 2 unspecified atom stereocenters. The third kappa shape index (κ3) is 3.80. The molecule has 1 aliphatic rings. The lowest BCUT2D eigenvalue weighted by Gasteiger charge is -2.28. The fraction of sp³-hybridized carbons (Fsp3) is 0.714. The zero-order chi connectivity index (χ0) is 13.7. The van der Waals surface area contributed by atoms with Crippen LogP contribution in [-0.2, 0) is 11.2 Å². The van der Waals surface area contributed by atoms with Gasteiger partial charge in [0, 0.05) is 12.2 Å². The quantitative estimate of drug-likeness (QED) is 0.699. The molecule has 1 aliphatic heterocycles. The number of hydrogen-bond donors (Lipinski definition) is 3. The summed E-state index contributed by atoms with van der Waals surface area (Å²) in [4.78, 5) is 12.0. The number of H-pyrrole nitrogens is 1. The number of nitrogens with one attached hydrogen (secondary N) is 3. The fourth-order valence-corrected chi connectivity index (χ4v) is 2.63. The van der Waals surface area contributed by atoms with Crippen LogP contribution in [0.2, 0.25) is 0 Å². The molecule has 1 amide bonds. The van der Waals surface area contributed by atoms with E-state index in [0.29, 0.717) is 5.92 Å². The van der Waals surface area contributed by atoms with Crippen LogP contribution in [0.25, 0.3) is 0 Å². The minimum absolute atomic E-state index is 0.00980. The van der Waals surface area contributed by atoms with E-state index in [1.807, 2.05) is 13.1 Å². The smallest absolute Gasteiger partial charge is 0.237 e. The van der Waals surface area contributed by atoms with Gasteiger partial charge in [0.2, 0.25) is 5.91 Å². The molecule has 1 aromatic heterocycles. The maximum absolute atomic E-state index is 12.0. The van der Waals surface area contributed by atoms with E-state index in [1.54, 1.807) is 0 Å². The number of nitrogens with zero attached hydrogens (tertiary/aromatic N) is 1. The van der Waals surface area contributed by atoms with Crippen LogP contribution in [0.4, 0.5) is 0 Å². The third-order valence-electron chi connectivity index (χ3n) is 3.91. The van der Waals surface area contributed by atoms with E-state index in [4.69, 9.17) is 0 Å². The van der Waals surface area contributed by atoms with Crippen molar-refractivity contribution in [3.8, 4) is 0 Å². The molecule has 0 radical (unpaired) electrons. The van der Waals surface area contributed by atoms with E-state index >= 15 is 0 Å². The number of aromatic amines is 1. The number of aryl methyl sites for hydroxylation is 2. The highest BCUT2D eigenvalue weighted by Gasteiger charge is 2.26. The Morgan fingerprint density at radius 2 is 2.42 bits per heavy atom. The lowest BCUT2D eigenvalue weighted by molar-refractivity contribution is -0.124. The maximum Gasteiger partial charge on any atom is 0.237 e. The van der Waals surface area contributed by atoms with Crippen molar-refractivity contribution in [3.05, 3.63) is 17.5 Å². The highest BCUT2D eigenvalue weighted by Crippen LogP contribution is 2.15. The number of carbonyl (C=O) groups is 1. The van der Waals surface area contributed by atoms with Gasteiger partial charge >= 0.3 is 0 Å². The van der Waals surface area contributed by atoms with Crippen molar-refractivity contribution >= 4 is 5.91 Å². The van der Waals surface area contributed by atoms with Crippen molar-refractivity contribution in [3.63, 3.8) is 0 Å². The van der Waals surface area contributed by atoms with E-state index in [-0.39, 0.29) is 11.9 Å². The summed E-state index contributed by atoms with van der Waals surface area (Å²) in [6.07, 6.45) is 6.08. The second kappa shape index (κ2) is 6.70. The van der Waals surface area contributed by atoms with Gasteiger partial charge in [-0.1, -0.05) is 6.92 Å². The van der Waals surface area contributed by atoms with Gasteiger partial charge in [-0.15, -0.1) is 0 Å². The van der Waals surface area contributed by atoms with Gasteiger partial charge in [-0.25, -0.2) is 0 Å². The van der Waals surface area contributed by atoms with E-state index in [0.717, 1.165) is 38.0 Å². The topological polar surface area (TPSA) is 69.8 Å². The van der Waals surface area contributed by atoms with Crippen LogP contribution in [-0.4, -0.2) is 35.2 Å². The van der Waals surface area contributed by atoms with Crippen LogP contribution in [0.15, 0.2) is 6.20 Å². The zero-order valence-electron chi connectivity index (χ0n) is 11.8. The Morgan fingerprint density at radius 1 is 1.58 bits per heavy atom. The lowest BCUT2D eigenvalue weighted by Crippen LogP contribution is -2.51. The molecule has 0 bridgehead atoms. The predicted molar refractivity (Wildman–Crippen MR) is 74.8 cm³/mol. The van der Waals surface area contributed by atoms with Gasteiger partial charge in [0.25, 0.3) is 0 Å². The number of rotatable bonds is 5. The first-order valence-corrected chi connectivity index (χ1v) is 7.18. The molecule has 19 heavy (non-hydrogen) atoms. The Kier molecular flexibility index (Phi) is 4.96. The minimum atomic E-state index is -0.00980. The molecular weight excluding hydrogens is 240 g/mol. The monoisotopic (exact) mass is 264 g/mol. The molecule has 1 saturated heterocycles. The number of amides is 1. The summed E-state index contributed by atoms with van der Waals surface area (Å²) in [5.74, 6) is 0.584. The highest BCUT2D eigenvalue weighted by molar-refractivity contribution is 5.82. The van der Waals surface area contributed by atoms with Crippen LogP contribution < -0.4 is 10.6 Å². The van der Waals surface area contributed by atoms with Crippen LogP contribution in [0.1, 0.15) is 37.4 Å². The molecule has 0 saturated carbocycles. The highest BCUT2D eigenvalue weighted by atomic mass is 16.2. The summed E-state index contributed by atoms with van der Waals surface area (Å²) in [5, 5.41) is 13.3. The molecular formula is C14H24N4O. The van der Waals surface area contributed by atoms with Crippen molar-refractivity contribution in [1.29, 1.82) is 0 Å². The van der Waals surface area contributed by atoms with Crippen molar-refractivity contribution in [1.82, 2.24) is 20.8 Å². The molecule has 2 heterocycles. The van der Waals surface area contributed by atoms with Gasteiger partial charge in [-0.3, -0.25) is 9.89 Å². The SMILES string of the molecule is Cc1[nH]ncc1CCCNC(=O)C1NCCCC1C. The Bertz CT molecular complexity index is 415. The molecule has 106 valence electrons. The largest absolute Gasteiger partial charge is 0.355 e. The minimum Gasteiger partial charge on any atom is -0.355 e. The number of carbonyl (C=O) groups excluding carboxylic acids is 1. The molecule has 1 fully saturated rings. The average molecular weight is 264 g/mol. The summed E-state index contributed by atoms with van der Waals surface area (Å²) in [7, 11) is 0. The van der Waals surface area contributed by atoms with E-state index in [1.165, 1.54) is 12.0 Å². The van der Waals surface area contributed by atoms with E-state index in [9.17, 15) is 4.79 Å². The Labute approximate surface area is 114 Å². The van der Waals surface area contributed by atoms with Gasteiger partial charge in [0.15, 0.2) is 0 Å². The first-order valence-electron chi connectivity index (χ1n) is 7.18. The summed E-state index contributed by atoms with van der Waals surface area (Å²) >= 11 is 0. The Balaban J connectivity index is 1.68. The molecule has 3 N–H and O–H groups in total. The lowest BCUT2D eigenvalue weighted by atomic mass is 9.92. The van der Waals surface area contributed by atoms with Gasteiger partial charge in [0.1, 0.15) is 0 Å².